The Morgan fingerprint density at radius 2 is 1.68 bits per heavy atom. The summed E-state index contributed by atoms with van der Waals surface area (Å²) in [5.74, 6) is 0. The lowest BCUT2D eigenvalue weighted by Crippen LogP contribution is -2.46. The van der Waals surface area contributed by atoms with Crippen LogP contribution in [0.2, 0.25) is 0 Å². The van der Waals surface area contributed by atoms with Gasteiger partial charge in [0.15, 0.2) is 0 Å². The molecule has 0 radical (unpaired) electrons. The molecule has 0 fully saturated rings. The minimum atomic E-state index is -1.66. The molecule has 0 heterocycles. The normalized spacial score (nSPS) is 17.9. The predicted molar refractivity (Wildman–Crippen MR) is 69.7 cm³/mol. The molecule has 7 heteroatoms. The Kier molecular flexibility index (Phi) is 6.40. The predicted octanol–water partition coefficient (Wildman–Crippen LogP) is -1.48. The summed E-state index contributed by atoms with van der Waals surface area (Å²) in [6, 6.07) is 8.93. The Morgan fingerprint density at radius 3 is 2.26 bits per heavy atom. The molecular weight excluding hydrogens is 252 g/mol. The zero-order valence-electron chi connectivity index (χ0n) is 10.2. The number of rotatable bonds is 7. The largest absolute Gasteiger partial charge is 0.394 e. The minimum Gasteiger partial charge on any atom is -0.394 e. The van der Waals surface area contributed by atoms with E-state index in [1.165, 1.54) is 0 Å². The average molecular weight is 270 g/mol. The summed E-state index contributed by atoms with van der Waals surface area (Å²) in [7, 11) is 0. The second-order valence-corrected chi connectivity index (χ2v) is 3.98. The molecule has 1 aromatic carbocycles. The summed E-state index contributed by atoms with van der Waals surface area (Å²) in [6.07, 6.45) is -5.33. The molecular formula is C12H18N2O5. The Hall–Kier alpha value is -1.51. The number of hydrazone groups is 1. The molecule has 0 saturated carbocycles. The second-order valence-electron chi connectivity index (χ2n) is 3.98. The first-order valence-corrected chi connectivity index (χ1v) is 5.73. The van der Waals surface area contributed by atoms with E-state index >= 15 is 0 Å². The molecule has 19 heavy (non-hydrogen) atoms. The first-order chi connectivity index (χ1) is 9.06. The van der Waals surface area contributed by atoms with Gasteiger partial charge in [-0.15, -0.1) is 0 Å². The summed E-state index contributed by atoms with van der Waals surface area (Å²) in [5, 5.41) is 49.8. The van der Waals surface area contributed by atoms with Gasteiger partial charge in [0.1, 0.15) is 24.4 Å². The van der Waals surface area contributed by atoms with Crippen LogP contribution in [0.1, 0.15) is 0 Å². The van der Waals surface area contributed by atoms with Gasteiger partial charge in [-0.25, -0.2) is 0 Å². The molecule has 1 rings (SSSR count). The smallest absolute Gasteiger partial charge is 0.119 e. The van der Waals surface area contributed by atoms with Crippen LogP contribution in [0.25, 0.3) is 0 Å². The van der Waals surface area contributed by atoms with Gasteiger partial charge in [-0.05, 0) is 12.1 Å². The SMILES string of the molecule is OC[C@@H](O)[C@@H](O)[C@H](O)[C@H](O)C=NNc1ccccc1. The highest BCUT2D eigenvalue weighted by Crippen LogP contribution is 2.06. The van der Waals surface area contributed by atoms with Crippen molar-refractivity contribution in [2.24, 2.45) is 5.10 Å². The third kappa shape index (κ3) is 4.93. The number of nitrogens with one attached hydrogen (secondary N) is 1. The van der Waals surface area contributed by atoms with Gasteiger partial charge in [0, 0.05) is 0 Å². The monoisotopic (exact) mass is 270 g/mol. The van der Waals surface area contributed by atoms with Crippen molar-refractivity contribution in [3.8, 4) is 0 Å². The fraction of sp³-hybridized carbons (Fsp3) is 0.417. The molecule has 0 aromatic heterocycles. The van der Waals surface area contributed by atoms with E-state index in [9.17, 15) is 15.3 Å². The highest BCUT2D eigenvalue weighted by molar-refractivity contribution is 5.65. The number of para-hydroxylation sites is 1. The van der Waals surface area contributed by atoms with E-state index in [-0.39, 0.29) is 0 Å². The van der Waals surface area contributed by atoms with Crippen molar-refractivity contribution in [2.75, 3.05) is 12.0 Å². The van der Waals surface area contributed by atoms with E-state index in [1.807, 2.05) is 6.07 Å². The number of aliphatic hydroxyl groups is 5. The van der Waals surface area contributed by atoms with Crippen molar-refractivity contribution in [2.45, 2.75) is 24.4 Å². The van der Waals surface area contributed by atoms with E-state index in [4.69, 9.17) is 10.2 Å². The molecule has 0 bridgehead atoms. The summed E-state index contributed by atoms with van der Waals surface area (Å²) in [4.78, 5) is 0. The summed E-state index contributed by atoms with van der Waals surface area (Å²) >= 11 is 0. The third-order valence-corrected chi connectivity index (χ3v) is 2.48. The Bertz CT molecular complexity index is 387. The Labute approximate surface area is 110 Å². The zero-order chi connectivity index (χ0) is 14.3. The van der Waals surface area contributed by atoms with Crippen LogP contribution in [0.5, 0.6) is 0 Å². The highest BCUT2D eigenvalue weighted by atomic mass is 16.4. The third-order valence-electron chi connectivity index (χ3n) is 2.48. The van der Waals surface area contributed by atoms with Crippen LogP contribution in [0.15, 0.2) is 35.4 Å². The van der Waals surface area contributed by atoms with Gasteiger partial charge < -0.3 is 25.5 Å². The molecule has 0 aliphatic heterocycles. The van der Waals surface area contributed by atoms with Crippen LogP contribution in [0.3, 0.4) is 0 Å². The Balaban J connectivity index is 2.47. The molecule has 0 unspecified atom stereocenters. The van der Waals surface area contributed by atoms with Crippen LogP contribution in [-0.4, -0.2) is 62.8 Å². The molecule has 0 spiro atoms. The highest BCUT2D eigenvalue weighted by Gasteiger charge is 2.29. The van der Waals surface area contributed by atoms with E-state index in [2.05, 4.69) is 10.5 Å². The van der Waals surface area contributed by atoms with Gasteiger partial charge in [-0.2, -0.15) is 5.10 Å². The number of nitrogens with zero attached hydrogens (tertiary/aromatic N) is 1. The van der Waals surface area contributed by atoms with Crippen molar-refractivity contribution >= 4 is 11.9 Å². The lowest BCUT2D eigenvalue weighted by molar-refractivity contribution is -0.0999. The lowest BCUT2D eigenvalue weighted by atomic mass is 10.0. The van der Waals surface area contributed by atoms with Crippen molar-refractivity contribution in [1.29, 1.82) is 0 Å². The van der Waals surface area contributed by atoms with Gasteiger partial charge in [0.25, 0.3) is 0 Å². The maximum atomic E-state index is 9.52. The number of anilines is 1. The summed E-state index contributed by atoms with van der Waals surface area (Å²) < 4.78 is 0. The van der Waals surface area contributed by atoms with Gasteiger partial charge in [-0.1, -0.05) is 18.2 Å². The minimum absolute atomic E-state index is 0.691. The van der Waals surface area contributed by atoms with E-state index in [1.54, 1.807) is 24.3 Å². The van der Waals surface area contributed by atoms with Crippen molar-refractivity contribution in [1.82, 2.24) is 0 Å². The number of aliphatic hydroxyl groups excluding tert-OH is 5. The van der Waals surface area contributed by atoms with Crippen LogP contribution in [0, 0.1) is 0 Å². The van der Waals surface area contributed by atoms with Crippen molar-refractivity contribution < 1.29 is 25.5 Å². The average Bonchev–Trinajstić information content (AvgIpc) is 2.45. The quantitative estimate of drug-likeness (QED) is 0.265. The van der Waals surface area contributed by atoms with Crippen LogP contribution >= 0.6 is 0 Å². The first kappa shape index (κ1) is 15.5. The summed E-state index contributed by atoms with van der Waals surface area (Å²) in [6.45, 7) is -0.718. The molecule has 0 aliphatic rings. The molecule has 0 saturated heterocycles. The molecule has 7 nitrogen and oxygen atoms in total. The first-order valence-electron chi connectivity index (χ1n) is 5.73. The number of hydrogen-bond acceptors (Lipinski definition) is 7. The van der Waals surface area contributed by atoms with E-state index in [0.717, 1.165) is 6.21 Å². The van der Waals surface area contributed by atoms with Gasteiger partial charge in [-0.3, -0.25) is 5.43 Å². The zero-order valence-corrected chi connectivity index (χ0v) is 10.2. The fourth-order valence-corrected chi connectivity index (χ4v) is 1.33. The van der Waals surface area contributed by atoms with Gasteiger partial charge in [0.2, 0.25) is 0 Å². The van der Waals surface area contributed by atoms with E-state index in [0.29, 0.717) is 5.69 Å². The maximum absolute atomic E-state index is 9.52. The van der Waals surface area contributed by atoms with Crippen LogP contribution in [0.4, 0.5) is 5.69 Å². The molecule has 106 valence electrons. The number of hydrogen-bond donors (Lipinski definition) is 6. The Morgan fingerprint density at radius 1 is 1.05 bits per heavy atom. The molecule has 4 atom stereocenters. The van der Waals surface area contributed by atoms with Gasteiger partial charge in [0.05, 0.1) is 18.5 Å². The molecule has 6 N–H and O–H groups in total. The molecule has 0 aliphatic carbocycles. The van der Waals surface area contributed by atoms with Crippen LogP contribution in [-0.2, 0) is 0 Å². The standard InChI is InChI=1S/C12H18N2O5/c15-7-10(17)12(19)11(18)9(16)6-13-14-8-4-2-1-3-5-8/h1-6,9-12,14-19H,7H2/t9-,10-,11-,12-/m1/s1. The fourth-order valence-electron chi connectivity index (χ4n) is 1.33. The van der Waals surface area contributed by atoms with Crippen LogP contribution < -0.4 is 5.43 Å². The lowest BCUT2D eigenvalue weighted by Gasteiger charge is -2.23. The second kappa shape index (κ2) is 7.82. The maximum Gasteiger partial charge on any atom is 0.119 e. The van der Waals surface area contributed by atoms with Gasteiger partial charge >= 0.3 is 0 Å². The number of benzene rings is 1. The van der Waals surface area contributed by atoms with Crippen molar-refractivity contribution in [3.05, 3.63) is 30.3 Å². The summed E-state index contributed by atoms with van der Waals surface area (Å²) in [5.41, 5.74) is 3.31. The van der Waals surface area contributed by atoms with Crippen molar-refractivity contribution in [3.63, 3.8) is 0 Å². The van der Waals surface area contributed by atoms with E-state index < -0.39 is 31.0 Å². The topological polar surface area (TPSA) is 126 Å². The molecule has 1 aromatic rings. The molecule has 0 amide bonds.